The number of fused-ring (bicyclic) bond motifs is 3. The quantitative estimate of drug-likeness (QED) is 0.759. The SMILES string of the molecule is CC(C)(C)[C@@H]1OC[C@]2(C=O)N1C(=O)[C@@H]1C[C@@H](OCc3ccccc3)O[C@@]12C. The molecule has 0 bridgehead atoms. The predicted molar refractivity (Wildman–Crippen MR) is 97.5 cm³/mol. The minimum Gasteiger partial charge on any atom is -0.355 e. The Morgan fingerprint density at radius 2 is 2.00 bits per heavy atom. The first kappa shape index (κ1) is 18.6. The van der Waals surface area contributed by atoms with Gasteiger partial charge in [-0.2, -0.15) is 0 Å². The van der Waals surface area contributed by atoms with Gasteiger partial charge in [-0.25, -0.2) is 0 Å². The number of carbonyl (C=O) groups excluding carboxylic acids is 2. The molecule has 3 fully saturated rings. The van der Waals surface area contributed by atoms with Crippen LogP contribution in [0.15, 0.2) is 30.3 Å². The second-order valence-electron chi connectivity index (χ2n) is 9.02. The van der Waals surface area contributed by atoms with Crippen LogP contribution in [0.4, 0.5) is 0 Å². The molecule has 3 aliphatic rings. The van der Waals surface area contributed by atoms with Crippen LogP contribution in [-0.4, -0.2) is 47.4 Å². The van der Waals surface area contributed by atoms with Crippen LogP contribution in [0.5, 0.6) is 0 Å². The molecule has 5 atom stereocenters. The van der Waals surface area contributed by atoms with Gasteiger partial charge in [0.1, 0.15) is 11.8 Å². The van der Waals surface area contributed by atoms with Gasteiger partial charge in [-0.3, -0.25) is 9.69 Å². The molecule has 4 rings (SSSR count). The maximum Gasteiger partial charge on any atom is 0.231 e. The molecule has 6 heteroatoms. The monoisotopic (exact) mass is 373 g/mol. The molecular weight excluding hydrogens is 346 g/mol. The summed E-state index contributed by atoms with van der Waals surface area (Å²) in [5, 5.41) is 0. The number of hydrogen-bond acceptors (Lipinski definition) is 5. The molecule has 0 saturated carbocycles. The van der Waals surface area contributed by atoms with Gasteiger partial charge in [0.15, 0.2) is 18.1 Å². The lowest BCUT2D eigenvalue weighted by Crippen LogP contribution is -2.60. The molecule has 0 spiro atoms. The summed E-state index contributed by atoms with van der Waals surface area (Å²) in [6.45, 7) is 8.44. The van der Waals surface area contributed by atoms with Crippen molar-refractivity contribution >= 4 is 12.2 Å². The summed E-state index contributed by atoms with van der Waals surface area (Å²) in [5.41, 5.74) is -1.30. The molecular formula is C21H27NO5. The summed E-state index contributed by atoms with van der Waals surface area (Å²) in [7, 11) is 0. The third-order valence-corrected chi connectivity index (χ3v) is 6.20. The van der Waals surface area contributed by atoms with Gasteiger partial charge in [-0.1, -0.05) is 51.1 Å². The van der Waals surface area contributed by atoms with Crippen LogP contribution in [0.1, 0.15) is 39.7 Å². The second-order valence-corrected chi connectivity index (χ2v) is 9.02. The predicted octanol–water partition coefficient (Wildman–Crippen LogP) is 2.51. The normalized spacial score (nSPS) is 38.1. The van der Waals surface area contributed by atoms with E-state index in [2.05, 4.69) is 0 Å². The number of benzene rings is 1. The van der Waals surface area contributed by atoms with Crippen LogP contribution in [0, 0.1) is 11.3 Å². The van der Waals surface area contributed by atoms with Crippen LogP contribution in [-0.2, 0) is 30.4 Å². The summed E-state index contributed by atoms with van der Waals surface area (Å²) in [6.07, 6.45) is 0.336. The lowest BCUT2D eigenvalue weighted by molar-refractivity contribution is -0.195. The zero-order chi connectivity index (χ0) is 19.4. The number of hydrogen-bond donors (Lipinski definition) is 0. The molecule has 27 heavy (non-hydrogen) atoms. The molecule has 1 aromatic carbocycles. The maximum absolute atomic E-state index is 13.3. The van der Waals surface area contributed by atoms with Gasteiger partial charge < -0.3 is 19.0 Å². The zero-order valence-corrected chi connectivity index (χ0v) is 16.3. The Kier molecular flexibility index (Phi) is 4.22. The van der Waals surface area contributed by atoms with E-state index in [1.807, 2.05) is 58.0 Å². The highest BCUT2D eigenvalue weighted by atomic mass is 16.7. The zero-order valence-electron chi connectivity index (χ0n) is 16.3. The largest absolute Gasteiger partial charge is 0.355 e. The molecule has 3 aliphatic heterocycles. The molecule has 0 N–H and O–H groups in total. The number of aldehydes is 1. The van der Waals surface area contributed by atoms with Gasteiger partial charge in [-0.05, 0) is 12.5 Å². The van der Waals surface area contributed by atoms with Gasteiger partial charge >= 0.3 is 0 Å². The standard InChI is InChI=1S/C21H27NO5/c1-19(2,3)18-22-17(24)15-10-16(25-11-14-8-6-5-7-9-14)27-20(15,4)21(22,12-23)13-26-18/h5-9,12,15-16,18H,10-11,13H2,1-4H3/t15-,16-,18-,20-,21-/m0/s1. The van der Waals surface area contributed by atoms with Crippen molar-refractivity contribution in [3.8, 4) is 0 Å². The lowest BCUT2D eigenvalue weighted by Gasteiger charge is -2.40. The fourth-order valence-corrected chi connectivity index (χ4v) is 4.69. The van der Waals surface area contributed by atoms with Crippen LogP contribution in [0.3, 0.4) is 0 Å². The Labute approximate surface area is 159 Å². The van der Waals surface area contributed by atoms with E-state index < -0.39 is 29.6 Å². The van der Waals surface area contributed by atoms with E-state index in [4.69, 9.17) is 14.2 Å². The van der Waals surface area contributed by atoms with E-state index in [-0.39, 0.29) is 17.9 Å². The molecule has 3 saturated heterocycles. The van der Waals surface area contributed by atoms with E-state index in [1.165, 1.54) is 0 Å². The van der Waals surface area contributed by atoms with Crippen molar-refractivity contribution in [3.63, 3.8) is 0 Å². The molecule has 1 aromatic rings. The average molecular weight is 373 g/mol. The molecule has 6 nitrogen and oxygen atoms in total. The second kappa shape index (κ2) is 6.12. The molecule has 0 aromatic heterocycles. The van der Waals surface area contributed by atoms with Crippen molar-refractivity contribution in [1.82, 2.24) is 4.90 Å². The van der Waals surface area contributed by atoms with Crippen molar-refractivity contribution < 1.29 is 23.8 Å². The molecule has 0 aliphatic carbocycles. The molecule has 3 heterocycles. The Morgan fingerprint density at radius 3 is 2.63 bits per heavy atom. The highest BCUT2D eigenvalue weighted by Gasteiger charge is 2.75. The number of carbonyl (C=O) groups is 2. The van der Waals surface area contributed by atoms with E-state index >= 15 is 0 Å². The van der Waals surface area contributed by atoms with Crippen molar-refractivity contribution in [1.29, 1.82) is 0 Å². The third-order valence-electron chi connectivity index (χ3n) is 6.20. The topological polar surface area (TPSA) is 65.1 Å². The summed E-state index contributed by atoms with van der Waals surface area (Å²) >= 11 is 0. The van der Waals surface area contributed by atoms with Crippen LogP contribution in [0.25, 0.3) is 0 Å². The highest BCUT2D eigenvalue weighted by Crippen LogP contribution is 2.56. The van der Waals surface area contributed by atoms with Crippen molar-refractivity contribution in [3.05, 3.63) is 35.9 Å². The molecule has 0 unspecified atom stereocenters. The Hall–Kier alpha value is -1.76. The summed E-state index contributed by atoms with van der Waals surface area (Å²) in [4.78, 5) is 27.2. The molecule has 146 valence electrons. The van der Waals surface area contributed by atoms with Gasteiger partial charge in [0.2, 0.25) is 5.91 Å². The van der Waals surface area contributed by atoms with Gasteiger partial charge in [0.25, 0.3) is 0 Å². The number of nitrogens with zero attached hydrogens (tertiary/aromatic N) is 1. The van der Waals surface area contributed by atoms with Crippen molar-refractivity contribution in [2.24, 2.45) is 11.3 Å². The van der Waals surface area contributed by atoms with Crippen molar-refractivity contribution in [2.45, 2.75) is 64.4 Å². The summed E-state index contributed by atoms with van der Waals surface area (Å²) in [5.74, 6) is -0.481. The van der Waals surface area contributed by atoms with Gasteiger partial charge in [-0.15, -0.1) is 0 Å². The summed E-state index contributed by atoms with van der Waals surface area (Å²) < 4.78 is 18.1. The highest BCUT2D eigenvalue weighted by molar-refractivity contribution is 5.92. The lowest BCUT2D eigenvalue weighted by atomic mass is 9.78. The first-order valence-corrected chi connectivity index (χ1v) is 9.47. The van der Waals surface area contributed by atoms with Gasteiger partial charge in [0.05, 0.1) is 19.1 Å². The minimum atomic E-state index is -1.10. The first-order chi connectivity index (χ1) is 12.7. The van der Waals surface area contributed by atoms with Gasteiger partial charge in [0, 0.05) is 11.8 Å². The minimum absolute atomic E-state index is 0.0761. The van der Waals surface area contributed by atoms with Crippen LogP contribution < -0.4 is 0 Å². The van der Waals surface area contributed by atoms with E-state index in [9.17, 15) is 9.59 Å². The average Bonchev–Trinajstić information content (AvgIpc) is 3.23. The molecule has 1 amide bonds. The van der Waals surface area contributed by atoms with Crippen LogP contribution >= 0.6 is 0 Å². The Bertz CT molecular complexity index is 745. The van der Waals surface area contributed by atoms with Crippen LogP contribution in [0.2, 0.25) is 0 Å². The molecule has 0 radical (unpaired) electrons. The third kappa shape index (κ3) is 2.57. The van der Waals surface area contributed by atoms with E-state index in [0.717, 1.165) is 11.8 Å². The Morgan fingerprint density at radius 1 is 1.30 bits per heavy atom. The summed E-state index contributed by atoms with van der Waals surface area (Å²) in [6, 6.07) is 9.82. The Balaban J connectivity index is 1.57. The fraction of sp³-hybridized carbons (Fsp3) is 0.619. The number of rotatable bonds is 4. The van der Waals surface area contributed by atoms with E-state index in [0.29, 0.717) is 13.0 Å². The smallest absolute Gasteiger partial charge is 0.231 e. The fourth-order valence-electron chi connectivity index (χ4n) is 4.69. The number of amides is 1. The maximum atomic E-state index is 13.3. The van der Waals surface area contributed by atoms with E-state index in [1.54, 1.807) is 4.90 Å². The van der Waals surface area contributed by atoms with Crippen molar-refractivity contribution in [2.75, 3.05) is 6.61 Å². The number of ether oxygens (including phenoxy) is 3. The first-order valence-electron chi connectivity index (χ1n) is 9.47.